The van der Waals surface area contributed by atoms with E-state index in [4.69, 9.17) is 23.7 Å². The van der Waals surface area contributed by atoms with Gasteiger partial charge in [-0.3, -0.25) is 4.79 Å². The molecule has 0 aromatic carbocycles. The molecule has 0 radical (unpaired) electrons. The summed E-state index contributed by atoms with van der Waals surface area (Å²) in [7, 11) is 0. The minimum Gasteiger partial charge on any atom is -0.394 e. The minimum absolute atomic E-state index is 0.627. The van der Waals surface area contributed by atoms with E-state index in [1.54, 1.807) is 0 Å². The van der Waals surface area contributed by atoms with Crippen molar-refractivity contribution in [2.75, 3.05) is 19.8 Å². The van der Waals surface area contributed by atoms with E-state index in [-0.39, 0.29) is 0 Å². The van der Waals surface area contributed by atoms with Crippen molar-refractivity contribution in [3.05, 3.63) is 0 Å². The number of carbonyl (C=O) groups excluding carboxylic acids is 1. The van der Waals surface area contributed by atoms with E-state index in [2.05, 4.69) is 5.32 Å². The van der Waals surface area contributed by atoms with Gasteiger partial charge in [-0.15, -0.1) is 0 Å². The second-order valence-corrected chi connectivity index (χ2v) is 9.07. The minimum atomic E-state index is -1.91. The fourth-order valence-electron chi connectivity index (χ4n) is 4.46. The van der Waals surface area contributed by atoms with Gasteiger partial charge in [-0.25, -0.2) is 0 Å². The lowest BCUT2D eigenvalue weighted by atomic mass is 9.95. The van der Waals surface area contributed by atoms with E-state index < -0.39 is 118 Å². The maximum Gasteiger partial charge on any atom is 0.217 e. The highest BCUT2D eigenvalue weighted by Crippen LogP contribution is 2.32. The summed E-state index contributed by atoms with van der Waals surface area (Å²) in [5.41, 5.74) is 0. The molecule has 37 heavy (non-hydrogen) atoms. The highest BCUT2D eigenvalue weighted by Gasteiger charge is 2.53. The summed E-state index contributed by atoms with van der Waals surface area (Å²) in [5.74, 6) is -0.627. The topological polar surface area (TPSA) is 278 Å². The molecule has 0 spiro atoms. The van der Waals surface area contributed by atoms with Crippen LogP contribution in [0.3, 0.4) is 0 Å². The Morgan fingerprint density at radius 2 is 1.16 bits per heavy atom. The van der Waals surface area contributed by atoms with Crippen LogP contribution in [0, 0.1) is 0 Å². The number of aliphatic hydroxyl groups excluding tert-OH is 10. The summed E-state index contributed by atoms with van der Waals surface area (Å²) in [6.45, 7) is -1.23. The van der Waals surface area contributed by atoms with Crippen molar-refractivity contribution in [1.29, 1.82) is 0 Å². The van der Waals surface area contributed by atoms with Crippen LogP contribution in [0.5, 0.6) is 0 Å². The van der Waals surface area contributed by atoms with E-state index in [9.17, 15) is 55.9 Å². The van der Waals surface area contributed by atoms with Gasteiger partial charge >= 0.3 is 0 Å². The predicted molar refractivity (Wildman–Crippen MR) is 113 cm³/mol. The maximum absolute atomic E-state index is 11.5. The van der Waals surface area contributed by atoms with Gasteiger partial charge in [0.25, 0.3) is 0 Å². The molecule has 0 aliphatic carbocycles. The Morgan fingerprint density at radius 1 is 0.649 bits per heavy atom. The van der Waals surface area contributed by atoms with Crippen LogP contribution in [0.4, 0.5) is 0 Å². The lowest BCUT2D eigenvalue weighted by Gasteiger charge is -2.48. The lowest BCUT2D eigenvalue weighted by molar-refractivity contribution is -0.375. The molecule has 3 fully saturated rings. The Hall–Kier alpha value is -1.13. The molecule has 0 bridgehead atoms. The second-order valence-electron chi connectivity index (χ2n) is 9.07. The molecule has 3 aliphatic heterocycles. The van der Waals surface area contributed by atoms with Crippen LogP contribution in [-0.2, 0) is 28.5 Å². The SMILES string of the molecule is CC(=O)N[C@@H]1[C@@H](O)[C@H](O[C@@H]2O[C@H](CO)[C@@H](O)[C@H](O[C@H]3O[C@H](CO)[C@@H](O)[C@H](O)[C@H]3O)[C@@H]2O)[C@@H](CO)O[C@@H]1O. The lowest BCUT2D eigenvalue weighted by Crippen LogP contribution is -2.68. The molecule has 1 amide bonds. The van der Waals surface area contributed by atoms with Crippen LogP contribution < -0.4 is 5.32 Å². The number of carbonyl (C=O) groups is 1. The van der Waals surface area contributed by atoms with Crippen molar-refractivity contribution >= 4 is 5.91 Å². The largest absolute Gasteiger partial charge is 0.394 e. The Bertz CT molecular complexity index is 745. The molecule has 0 aromatic heterocycles. The molecule has 17 nitrogen and oxygen atoms in total. The van der Waals surface area contributed by atoms with E-state index in [0.29, 0.717) is 0 Å². The molecule has 216 valence electrons. The molecule has 0 unspecified atom stereocenters. The first-order valence-electron chi connectivity index (χ1n) is 11.6. The van der Waals surface area contributed by atoms with Gasteiger partial charge in [-0.05, 0) is 0 Å². The predicted octanol–water partition coefficient (Wildman–Crippen LogP) is -7.43. The third-order valence-corrected chi connectivity index (χ3v) is 6.50. The average molecular weight is 545 g/mol. The van der Waals surface area contributed by atoms with Crippen molar-refractivity contribution < 1.29 is 79.5 Å². The number of ether oxygens (including phenoxy) is 5. The fraction of sp³-hybridized carbons (Fsp3) is 0.950. The maximum atomic E-state index is 11.5. The Labute approximate surface area is 210 Å². The van der Waals surface area contributed by atoms with Gasteiger partial charge in [0.2, 0.25) is 5.91 Å². The number of amides is 1. The molecule has 3 rings (SSSR count). The van der Waals surface area contributed by atoms with Crippen LogP contribution in [0.1, 0.15) is 6.92 Å². The Morgan fingerprint density at radius 3 is 1.70 bits per heavy atom. The molecule has 3 aliphatic rings. The van der Waals surface area contributed by atoms with Crippen LogP contribution in [0.25, 0.3) is 0 Å². The number of hydrogen-bond donors (Lipinski definition) is 11. The molecule has 0 saturated carbocycles. The van der Waals surface area contributed by atoms with E-state index in [1.165, 1.54) is 0 Å². The first-order valence-corrected chi connectivity index (χ1v) is 11.6. The number of nitrogens with one attached hydrogen (secondary N) is 1. The summed E-state index contributed by atoms with van der Waals surface area (Å²) >= 11 is 0. The smallest absolute Gasteiger partial charge is 0.217 e. The van der Waals surface area contributed by atoms with Gasteiger partial charge in [0.1, 0.15) is 73.2 Å². The summed E-state index contributed by atoms with van der Waals surface area (Å²) < 4.78 is 26.9. The normalized spacial score (nSPS) is 49.0. The van der Waals surface area contributed by atoms with Crippen molar-refractivity contribution in [2.45, 2.75) is 99.0 Å². The van der Waals surface area contributed by atoms with E-state index >= 15 is 0 Å². The van der Waals surface area contributed by atoms with Crippen LogP contribution in [-0.4, -0.2) is 169 Å². The summed E-state index contributed by atoms with van der Waals surface area (Å²) in [4.78, 5) is 11.5. The molecular formula is C20H35NO16. The molecule has 3 saturated heterocycles. The fourth-order valence-corrected chi connectivity index (χ4v) is 4.46. The van der Waals surface area contributed by atoms with Crippen molar-refractivity contribution in [3.63, 3.8) is 0 Å². The summed E-state index contributed by atoms with van der Waals surface area (Å²) in [5, 5.41) is 103. The highest BCUT2D eigenvalue weighted by molar-refractivity contribution is 5.73. The van der Waals surface area contributed by atoms with Gasteiger partial charge in [-0.1, -0.05) is 0 Å². The zero-order valence-corrected chi connectivity index (χ0v) is 19.7. The van der Waals surface area contributed by atoms with Crippen LogP contribution >= 0.6 is 0 Å². The molecule has 0 aromatic rings. The number of aliphatic hydroxyl groups is 10. The third kappa shape index (κ3) is 6.38. The van der Waals surface area contributed by atoms with Crippen LogP contribution in [0.15, 0.2) is 0 Å². The summed E-state index contributed by atoms with van der Waals surface area (Å²) in [6, 6.07) is -1.40. The number of rotatable bonds is 8. The zero-order chi connectivity index (χ0) is 27.6. The van der Waals surface area contributed by atoms with Gasteiger partial charge in [-0.2, -0.15) is 0 Å². The highest BCUT2D eigenvalue weighted by atomic mass is 16.7. The van der Waals surface area contributed by atoms with E-state index in [0.717, 1.165) is 6.92 Å². The van der Waals surface area contributed by atoms with Gasteiger partial charge in [0.15, 0.2) is 18.9 Å². The van der Waals surface area contributed by atoms with Crippen molar-refractivity contribution in [3.8, 4) is 0 Å². The molecule has 17 heteroatoms. The van der Waals surface area contributed by atoms with Crippen LogP contribution in [0.2, 0.25) is 0 Å². The van der Waals surface area contributed by atoms with Gasteiger partial charge in [0.05, 0.1) is 19.8 Å². The first kappa shape index (κ1) is 30.4. The second kappa shape index (κ2) is 12.8. The van der Waals surface area contributed by atoms with Gasteiger partial charge in [0, 0.05) is 6.92 Å². The first-order chi connectivity index (χ1) is 17.4. The molecule has 11 N–H and O–H groups in total. The Kier molecular flexibility index (Phi) is 10.5. The molecule has 15 atom stereocenters. The van der Waals surface area contributed by atoms with E-state index in [1.807, 2.05) is 0 Å². The zero-order valence-electron chi connectivity index (χ0n) is 19.7. The Balaban J connectivity index is 1.80. The molecule has 3 heterocycles. The van der Waals surface area contributed by atoms with Gasteiger partial charge < -0.3 is 80.1 Å². The quantitative estimate of drug-likeness (QED) is 0.135. The number of hydrogen-bond acceptors (Lipinski definition) is 16. The third-order valence-electron chi connectivity index (χ3n) is 6.50. The summed E-state index contributed by atoms with van der Waals surface area (Å²) in [6.07, 6.45) is -23.4. The molecular weight excluding hydrogens is 510 g/mol. The average Bonchev–Trinajstić information content (AvgIpc) is 2.86. The van der Waals surface area contributed by atoms with Crippen molar-refractivity contribution in [2.24, 2.45) is 0 Å². The monoisotopic (exact) mass is 545 g/mol. The van der Waals surface area contributed by atoms with Crippen molar-refractivity contribution in [1.82, 2.24) is 5.32 Å². The standard InChI is InChI=1S/C20H35NO16/c1-5(25)21-9-12(28)16(8(4-24)33-18(9)32)36-20-15(31)17(11(27)7(3-23)35-20)37-19-14(30)13(29)10(26)6(2-22)34-19/h6-20,22-24,26-32H,2-4H2,1H3,(H,21,25)/t6-,7-,8-,9-,10-,11-,12-,13+,14-,15+,16-,17+,18+,19-,20+/m1/s1.